The highest BCUT2D eigenvalue weighted by atomic mass is 16.5. The number of ether oxygens (including phenoxy) is 1. The molecule has 2 aliphatic heterocycles. The van der Waals surface area contributed by atoms with Gasteiger partial charge in [0.1, 0.15) is 0 Å². The molecule has 2 bridgehead atoms. The van der Waals surface area contributed by atoms with Crippen molar-refractivity contribution in [3.8, 4) is 0 Å². The zero-order valence-corrected chi connectivity index (χ0v) is 12.0. The Morgan fingerprint density at radius 2 is 2.20 bits per heavy atom. The Bertz CT molecular complexity index is 514. The van der Waals surface area contributed by atoms with Gasteiger partial charge in [-0.2, -0.15) is 0 Å². The smallest absolute Gasteiger partial charge is 0.250 e. The van der Waals surface area contributed by atoms with Crippen LogP contribution in [0.1, 0.15) is 12.8 Å². The van der Waals surface area contributed by atoms with Crippen molar-refractivity contribution >= 4 is 5.69 Å². The van der Waals surface area contributed by atoms with Crippen molar-refractivity contribution in [2.75, 3.05) is 38.7 Å². The van der Waals surface area contributed by atoms with Gasteiger partial charge in [0, 0.05) is 45.0 Å². The number of rotatable bonds is 5. The van der Waals surface area contributed by atoms with E-state index in [4.69, 9.17) is 4.74 Å². The third-order valence-electron chi connectivity index (χ3n) is 4.51. The molecule has 0 radical (unpaired) electrons. The van der Waals surface area contributed by atoms with E-state index in [0.29, 0.717) is 19.2 Å². The lowest BCUT2D eigenvalue weighted by atomic mass is 9.94. The monoisotopic (exact) mass is 277 g/mol. The summed E-state index contributed by atoms with van der Waals surface area (Å²) in [5.41, 5.74) is 1.08. The maximum absolute atomic E-state index is 11.8. The van der Waals surface area contributed by atoms with Crippen LogP contribution in [0.15, 0.2) is 23.1 Å². The molecule has 1 aromatic rings. The predicted molar refractivity (Wildman–Crippen MR) is 79.2 cm³/mol. The summed E-state index contributed by atoms with van der Waals surface area (Å²) in [6.07, 6.45) is 4.41. The van der Waals surface area contributed by atoms with E-state index in [-0.39, 0.29) is 5.56 Å². The average molecular weight is 277 g/mol. The molecule has 20 heavy (non-hydrogen) atoms. The summed E-state index contributed by atoms with van der Waals surface area (Å²) in [6, 6.07) is 4.08. The quantitative estimate of drug-likeness (QED) is 0.872. The van der Waals surface area contributed by atoms with Crippen LogP contribution in [0.3, 0.4) is 0 Å². The minimum atomic E-state index is 0.0308. The zero-order chi connectivity index (χ0) is 13.9. The van der Waals surface area contributed by atoms with Crippen LogP contribution < -0.4 is 10.9 Å². The maximum atomic E-state index is 11.8. The SMILES string of the molecule is COCCn1cc(NC2CCN3CCC2C3)ccc1=O. The Balaban J connectivity index is 1.69. The normalized spacial score (nSPS) is 28.6. The molecule has 3 atom stereocenters. The number of fused-ring (bicyclic) bond motifs is 2. The molecule has 0 spiro atoms. The van der Waals surface area contributed by atoms with Gasteiger partial charge in [-0.15, -0.1) is 0 Å². The molecule has 2 saturated heterocycles. The lowest BCUT2D eigenvalue weighted by Crippen LogP contribution is -2.39. The molecule has 2 fully saturated rings. The topological polar surface area (TPSA) is 46.5 Å². The van der Waals surface area contributed by atoms with E-state index in [1.807, 2.05) is 12.3 Å². The highest BCUT2D eigenvalue weighted by Gasteiger charge is 2.34. The lowest BCUT2D eigenvalue weighted by molar-refractivity contribution is 0.186. The molecule has 0 saturated carbocycles. The molecule has 1 aromatic heterocycles. The van der Waals surface area contributed by atoms with E-state index in [1.165, 1.54) is 32.5 Å². The van der Waals surface area contributed by atoms with Crippen molar-refractivity contribution in [1.82, 2.24) is 9.47 Å². The maximum Gasteiger partial charge on any atom is 0.250 e. The number of aromatic nitrogens is 1. The summed E-state index contributed by atoms with van der Waals surface area (Å²) < 4.78 is 6.76. The third kappa shape index (κ3) is 2.88. The van der Waals surface area contributed by atoms with E-state index in [9.17, 15) is 4.79 Å². The fourth-order valence-electron chi connectivity index (χ4n) is 3.34. The van der Waals surface area contributed by atoms with Gasteiger partial charge in [0.05, 0.1) is 12.3 Å². The Hall–Kier alpha value is -1.33. The van der Waals surface area contributed by atoms with Gasteiger partial charge in [-0.25, -0.2) is 0 Å². The Kier molecular flexibility index (Phi) is 4.08. The minimum Gasteiger partial charge on any atom is -0.383 e. The van der Waals surface area contributed by atoms with E-state index in [2.05, 4.69) is 10.2 Å². The average Bonchev–Trinajstić information content (AvgIpc) is 2.85. The van der Waals surface area contributed by atoms with Crippen molar-refractivity contribution in [2.45, 2.75) is 25.4 Å². The summed E-state index contributed by atoms with van der Waals surface area (Å²) in [6.45, 7) is 4.83. The van der Waals surface area contributed by atoms with Crippen LogP contribution in [0.25, 0.3) is 0 Å². The molecule has 3 heterocycles. The number of nitrogens with zero attached hydrogens (tertiary/aromatic N) is 2. The summed E-state index contributed by atoms with van der Waals surface area (Å²) in [7, 11) is 1.65. The van der Waals surface area contributed by atoms with Gasteiger partial charge < -0.3 is 19.5 Å². The first-order valence-corrected chi connectivity index (χ1v) is 7.44. The van der Waals surface area contributed by atoms with Gasteiger partial charge in [0.2, 0.25) is 0 Å². The van der Waals surface area contributed by atoms with Crippen LogP contribution in [0.5, 0.6) is 0 Å². The molecule has 3 unspecified atom stereocenters. The minimum absolute atomic E-state index is 0.0308. The second-order valence-corrected chi connectivity index (χ2v) is 5.83. The van der Waals surface area contributed by atoms with Crippen molar-refractivity contribution in [1.29, 1.82) is 0 Å². The number of nitrogens with one attached hydrogen (secondary N) is 1. The van der Waals surface area contributed by atoms with Crippen molar-refractivity contribution in [3.63, 3.8) is 0 Å². The number of hydrogen-bond donors (Lipinski definition) is 1. The molecule has 110 valence electrons. The van der Waals surface area contributed by atoms with Crippen LogP contribution in [-0.2, 0) is 11.3 Å². The van der Waals surface area contributed by atoms with Crippen LogP contribution in [0, 0.1) is 5.92 Å². The highest BCUT2D eigenvalue weighted by Crippen LogP contribution is 2.29. The molecule has 5 heteroatoms. The standard InChI is InChI=1S/C15H23N3O2/c1-20-9-8-18-11-13(2-3-15(18)19)16-14-5-7-17-6-4-12(14)10-17/h2-3,11-12,14,16H,4-10H2,1H3. The first kappa shape index (κ1) is 13.6. The van der Waals surface area contributed by atoms with Crippen LogP contribution >= 0.6 is 0 Å². The molecule has 0 aromatic carbocycles. The third-order valence-corrected chi connectivity index (χ3v) is 4.51. The van der Waals surface area contributed by atoms with E-state index in [1.54, 1.807) is 17.7 Å². The second kappa shape index (κ2) is 5.97. The summed E-state index contributed by atoms with van der Waals surface area (Å²) in [5, 5.41) is 3.63. The lowest BCUT2D eigenvalue weighted by Gasteiger charge is -2.31. The second-order valence-electron chi connectivity index (χ2n) is 5.83. The zero-order valence-electron chi connectivity index (χ0n) is 12.0. The van der Waals surface area contributed by atoms with E-state index >= 15 is 0 Å². The van der Waals surface area contributed by atoms with E-state index in [0.717, 1.165) is 11.6 Å². The van der Waals surface area contributed by atoms with Gasteiger partial charge >= 0.3 is 0 Å². The summed E-state index contributed by atoms with van der Waals surface area (Å²) >= 11 is 0. The summed E-state index contributed by atoms with van der Waals surface area (Å²) in [4.78, 5) is 14.3. The van der Waals surface area contributed by atoms with Crippen LogP contribution in [-0.4, -0.2) is 48.9 Å². The van der Waals surface area contributed by atoms with Crippen LogP contribution in [0.4, 0.5) is 5.69 Å². The van der Waals surface area contributed by atoms with Gasteiger partial charge in [-0.1, -0.05) is 0 Å². The number of hydrogen-bond acceptors (Lipinski definition) is 4. The first-order valence-electron chi connectivity index (χ1n) is 7.44. The molecule has 0 amide bonds. The molecule has 3 rings (SSSR count). The molecule has 0 aliphatic carbocycles. The Labute approximate surface area is 119 Å². The van der Waals surface area contributed by atoms with Gasteiger partial charge in [0.15, 0.2) is 0 Å². The molecule has 1 N–H and O–H groups in total. The van der Waals surface area contributed by atoms with Gasteiger partial charge in [-0.3, -0.25) is 4.79 Å². The van der Waals surface area contributed by atoms with Crippen LogP contribution in [0.2, 0.25) is 0 Å². The van der Waals surface area contributed by atoms with Crippen molar-refractivity contribution < 1.29 is 4.74 Å². The van der Waals surface area contributed by atoms with Gasteiger partial charge in [0.25, 0.3) is 5.56 Å². The largest absolute Gasteiger partial charge is 0.383 e. The molecular formula is C15H23N3O2. The molecular weight excluding hydrogens is 254 g/mol. The van der Waals surface area contributed by atoms with Gasteiger partial charge in [-0.05, 0) is 31.4 Å². The number of piperidine rings is 1. The van der Waals surface area contributed by atoms with E-state index < -0.39 is 0 Å². The Morgan fingerprint density at radius 3 is 3.05 bits per heavy atom. The number of anilines is 1. The Morgan fingerprint density at radius 1 is 1.35 bits per heavy atom. The number of methoxy groups -OCH3 is 1. The summed E-state index contributed by atoms with van der Waals surface area (Å²) in [5.74, 6) is 0.753. The molecule has 5 nitrogen and oxygen atoms in total. The highest BCUT2D eigenvalue weighted by molar-refractivity contribution is 5.41. The fraction of sp³-hybridized carbons (Fsp3) is 0.667. The first-order chi connectivity index (χ1) is 9.76. The fourth-order valence-corrected chi connectivity index (χ4v) is 3.34. The van der Waals surface area contributed by atoms with Crippen molar-refractivity contribution in [3.05, 3.63) is 28.7 Å². The van der Waals surface area contributed by atoms with Crippen molar-refractivity contribution in [2.24, 2.45) is 5.92 Å². The predicted octanol–water partition coefficient (Wildman–Crippen LogP) is 1.00. The molecule has 2 aliphatic rings. The number of pyridine rings is 1.